The fraction of sp³-hybridized carbons (Fsp3) is 0.418. The van der Waals surface area contributed by atoms with Crippen molar-refractivity contribution in [3.63, 3.8) is 0 Å². The molecule has 0 aliphatic carbocycles. The average molecular weight is 1110 g/mol. The highest BCUT2D eigenvalue weighted by Gasteiger charge is 2.45. The molecule has 0 saturated heterocycles. The predicted octanol–water partition coefficient (Wildman–Crippen LogP) is 15.7. The topological polar surface area (TPSA) is 87.0 Å². The molecule has 0 heterocycles. The zero-order valence-electron chi connectivity index (χ0n) is 46.1. The molecule has 0 bridgehead atoms. The first-order valence-corrected chi connectivity index (χ1v) is 28.1. The van der Waals surface area contributed by atoms with Gasteiger partial charge < -0.3 is 15.4 Å². The second-order valence-electron chi connectivity index (χ2n) is 20.2. The van der Waals surface area contributed by atoms with Crippen LogP contribution in [-0.4, -0.2) is 90.3 Å². The Bertz CT molecular complexity index is 2450. The lowest BCUT2D eigenvalue weighted by Gasteiger charge is -2.46. The summed E-state index contributed by atoms with van der Waals surface area (Å²) >= 11 is 0. The standard InChI is InChI=1S/C36H40F6N2O3.C30H40N2.CH4/c1-28(45)16-11-13-24-43(33(47)36(40,41)42)25-15-27-44(26-14-12-23-32(46)35(37,38)39)34(29-17-5-2-6-18-29,30-19-7-3-8-20-30)31-21-9-4-10-22-31;1-2-3-25-32(26-17-6-4-5-16-24-31)30(27-18-10-7-11-19-27,28-20-12-8-13-21-28)29-22-14-9-15-23-29;/h2-10,17-22H,11-16,23-27H2,1H3;7-15,18-23H,2-6,16-17,24-26,31H2,1H3;1H4. The van der Waals surface area contributed by atoms with Gasteiger partial charge in [0.1, 0.15) is 5.78 Å². The maximum atomic E-state index is 13.6. The van der Waals surface area contributed by atoms with Gasteiger partial charge in [-0.25, -0.2) is 0 Å². The van der Waals surface area contributed by atoms with Gasteiger partial charge in [0, 0.05) is 32.5 Å². The number of hydrogen-bond acceptors (Lipinski definition) is 6. The third-order valence-corrected chi connectivity index (χ3v) is 14.5. The summed E-state index contributed by atoms with van der Waals surface area (Å²) in [6, 6.07) is 61.6. The highest BCUT2D eigenvalue weighted by Crippen LogP contribution is 2.44. The number of amides is 1. The van der Waals surface area contributed by atoms with Crippen LogP contribution < -0.4 is 5.73 Å². The molecular formula is C67H84F6N4O3. The molecule has 6 aromatic carbocycles. The van der Waals surface area contributed by atoms with Crippen LogP contribution in [-0.2, 0) is 25.5 Å². The Hall–Kier alpha value is -6.41. The van der Waals surface area contributed by atoms with Gasteiger partial charge in [-0.1, -0.05) is 222 Å². The fourth-order valence-corrected chi connectivity index (χ4v) is 10.7. The van der Waals surface area contributed by atoms with Crippen molar-refractivity contribution in [1.29, 1.82) is 0 Å². The van der Waals surface area contributed by atoms with Gasteiger partial charge in [0.2, 0.25) is 5.78 Å². The van der Waals surface area contributed by atoms with Crippen LogP contribution in [0, 0.1) is 0 Å². The van der Waals surface area contributed by atoms with E-state index in [0.29, 0.717) is 6.42 Å². The first kappa shape index (κ1) is 66.1. The van der Waals surface area contributed by atoms with Gasteiger partial charge in [-0.2, -0.15) is 26.3 Å². The summed E-state index contributed by atoms with van der Waals surface area (Å²) in [6.45, 7) is 6.63. The molecule has 0 aliphatic rings. The van der Waals surface area contributed by atoms with Crippen LogP contribution in [0.3, 0.4) is 0 Å². The van der Waals surface area contributed by atoms with Crippen LogP contribution in [0.4, 0.5) is 26.3 Å². The first-order valence-electron chi connectivity index (χ1n) is 28.1. The minimum Gasteiger partial charge on any atom is -0.335 e. The molecule has 0 fully saturated rings. The average Bonchev–Trinajstić information content (AvgIpc) is 3.46. The van der Waals surface area contributed by atoms with Crippen molar-refractivity contribution in [2.75, 3.05) is 45.8 Å². The highest BCUT2D eigenvalue weighted by molar-refractivity contribution is 5.84. The normalized spacial score (nSPS) is 11.9. The number of halogens is 6. The van der Waals surface area contributed by atoms with E-state index < -0.39 is 36.0 Å². The van der Waals surface area contributed by atoms with Crippen LogP contribution in [0.15, 0.2) is 182 Å². The van der Waals surface area contributed by atoms with E-state index in [1.54, 1.807) is 0 Å². The summed E-state index contributed by atoms with van der Waals surface area (Å²) in [5, 5.41) is 0. The van der Waals surface area contributed by atoms with Crippen molar-refractivity contribution in [2.45, 2.75) is 135 Å². The third-order valence-electron chi connectivity index (χ3n) is 14.5. The Kier molecular flexibility index (Phi) is 28.1. The van der Waals surface area contributed by atoms with E-state index in [1.165, 1.54) is 62.1 Å². The van der Waals surface area contributed by atoms with Gasteiger partial charge in [0.15, 0.2) is 0 Å². The Morgan fingerprint density at radius 2 is 0.688 bits per heavy atom. The molecule has 0 aliphatic heterocycles. The van der Waals surface area contributed by atoms with Crippen LogP contribution in [0.1, 0.15) is 145 Å². The van der Waals surface area contributed by atoms with E-state index in [4.69, 9.17) is 5.73 Å². The van der Waals surface area contributed by atoms with E-state index in [2.05, 4.69) is 103 Å². The van der Waals surface area contributed by atoms with E-state index in [0.717, 1.165) is 47.6 Å². The predicted molar refractivity (Wildman–Crippen MR) is 312 cm³/mol. The number of Topliss-reactive ketones (excluding diaryl/α,β-unsaturated/α-hetero) is 2. The molecule has 6 rings (SSSR count). The molecule has 0 unspecified atom stereocenters. The number of hydrogen-bond donors (Lipinski definition) is 1. The number of rotatable bonds is 32. The van der Waals surface area contributed by atoms with Crippen LogP contribution >= 0.6 is 0 Å². The van der Waals surface area contributed by atoms with Crippen molar-refractivity contribution < 1.29 is 40.7 Å². The van der Waals surface area contributed by atoms with Crippen molar-refractivity contribution in [3.05, 3.63) is 215 Å². The van der Waals surface area contributed by atoms with Crippen molar-refractivity contribution in [2.24, 2.45) is 5.73 Å². The molecule has 6 aromatic rings. The smallest absolute Gasteiger partial charge is 0.335 e. The summed E-state index contributed by atoms with van der Waals surface area (Å²) in [5.41, 5.74) is 10.9. The van der Waals surface area contributed by atoms with E-state index >= 15 is 0 Å². The van der Waals surface area contributed by atoms with Crippen LogP contribution in [0.5, 0.6) is 0 Å². The quantitative estimate of drug-likeness (QED) is 0.0257. The van der Waals surface area contributed by atoms with Crippen molar-refractivity contribution >= 4 is 17.5 Å². The highest BCUT2D eigenvalue weighted by atomic mass is 19.4. The van der Waals surface area contributed by atoms with Crippen LogP contribution in [0.2, 0.25) is 0 Å². The molecular weight excluding hydrogens is 1020 g/mol. The lowest BCUT2D eigenvalue weighted by molar-refractivity contribution is -0.185. The molecule has 1 amide bonds. The lowest BCUT2D eigenvalue weighted by atomic mass is 9.75. The number of carbonyl (C=O) groups is 3. The molecule has 2 N–H and O–H groups in total. The SMILES string of the molecule is C.CC(=O)CCCCN(CCCN(CCCCC(=O)C(F)(F)F)C(c1ccccc1)(c1ccccc1)c1ccccc1)C(=O)C(F)(F)F.CCCCN(CCCCCCCN)C(c1ccccc1)(c1ccccc1)c1ccccc1. The molecule has 0 saturated carbocycles. The molecule has 0 radical (unpaired) electrons. The van der Waals surface area contributed by atoms with E-state index in [9.17, 15) is 40.7 Å². The van der Waals surface area contributed by atoms with Gasteiger partial charge in [-0.15, -0.1) is 0 Å². The minimum atomic E-state index is -5.08. The summed E-state index contributed by atoms with van der Waals surface area (Å²) in [7, 11) is 0. The minimum absolute atomic E-state index is 0. The number of ketones is 2. The Labute approximate surface area is 472 Å². The Morgan fingerprint density at radius 3 is 1.02 bits per heavy atom. The van der Waals surface area contributed by atoms with Crippen molar-refractivity contribution in [1.82, 2.24) is 14.7 Å². The fourth-order valence-electron chi connectivity index (χ4n) is 10.7. The summed E-state index contributed by atoms with van der Waals surface area (Å²) in [6.07, 6.45) is -1.13. The Balaban J connectivity index is 0.000000364. The summed E-state index contributed by atoms with van der Waals surface area (Å²) < 4.78 is 79.5. The lowest BCUT2D eigenvalue weighted by Crippen LogP contribution is -2.50. The molecule has 0 aromatic heterocycles. The third kappa shape index (κ3) is 18.8. The van der Waals surface area contributed by atoms with Crippen molar-refractivity contribution in [3.8, 4) is 0 Å². The monoisotopic (exact) mass is 1110 g/mol. The maximum Gasteiger partial charge on any atom is 0.471 e. The molecule has 13 heteroatoms. The van der Waals surface area contributed by atoms with Gasteiger partial charge in [-0.05, 0) is 118 Å². The number of benzene rings is 6. The number of nitrogens with two attached hydrogens (primary N) is 1. The van der Waals surface area contributed by atoms with Gasteiger partial charge in [0.05, 0.1) is 11.1 Å². The number of unbranched alkanes of at least 4 members (excludes halogenated alkanes) is 7. The molecule has 7 nitrogen and oxygen atoms in total. The second kappa shape index (κ2) is 34.0. The summed E-state index contributed by atoms with van der Waals surface area (Å²) in [4.78, 5) is 40.9. The van der Waals surface area contributed by atoms with Gasteiger partial charge >= 0.3 is 18.3 Å². The zero-order valence-corrected chi connectivity index (χ0v) is 46.1. The molecule has 432 valence electrons. The second-order valence-corrected chi connectivity index (χ2v) is 20.2. The number of alkyl halides is 6. The summed E-state index contributed by atoms with van der Waals surface area (Å²) in [5.74, 6) is -3.86. The maximum absolute atomic E-state index is 13.6. The molecule has 0 atom stereocenters. The van der Waals surface area contributed by atoms with E-state index in [-0.39, 0.29) is 77.0 Å². The van der Waals surface area contributed by atoms with Gasteiger partial charge in [-0.3, -0.25) is 19.4 Å². The number of nitrogens with zero attached hydrogens (tertiary/aromatic N) is 3. The molecule has 80 heavy (non-hydrogen) atoms. The zero-order chi connectivity index (χ0) is 57.0. The Morgan fingerprint density at radius 1 is 0.388 bits per heavy atom. The first-order chi connectivity index (χ1) is 38.1. The van der Waals surface area contributed by atoms with Crippen LogP contribution in [0.25, 0.3) is 0 Å². The molecule has 0 spiro atoms. The number of carbonyl (C=O) groups excluding carboxylic acids is 3. The van der Waals surface area contributed by atoms with Gasteiger partial charge in [0.25, 0.3) is 0 Å². The van der Waals surface area contributed by atoms with E-state index in [1.807, 2.05) is 95.9 Å². The largest absolute Gasteiger partial charge is 0.471 e.